The van der Waals surface area contributed by atoms with Gasteiger partial charge in [0, 0.05) is 17.8 Å². The van der Waals surface area contributed by atoms with E-state index in [0.29, 0.717) is 0 Å². The molecule has 31 heavy (non-hydrogen) atoms. The van der Waals surface area contributed by atoms with Gasteiger partial charge in [-0.1, -0.05) is 37.8 Å². The lowest BCUT2D eigenvalue weighted by molar-refractivity contribution is 1.00. The molecule has 0 spiro atoms. The van der Waals surface area contributed by atoms with Crippen LogP contribution in [0.15, 0.2) is 59.6 Å². The van der Waals surface area contributed by atoms with Crippen molar-refractivity contribution in [2.24, 2.45) is 4.99 Å². The van der Waals surface area contributed by atoms with Gasteiger partial charge in [-0.2, -0.15) is 0 Å². The van der Waals surface area contributed by atoms with E-state index in [-0.39, 0.29) is 7.43 Å². The molecule has 0 radical (unpaired) electrons. The summed E-state index contributed by atoms with van der Waals surface area (Å²) in [5, 5.41) is 0. The van der Waals surface area contributed by atoms with E-state index in [9.17, 15) is 0 Å². The van der Waals surface area contributed by atoms with Gasteiger partial charge in [-0.15, -0.1) is 0 Å². The Labute approximate surface area is 186 Å². The molecular weight excluding hydrogens is 378 g/mol. The number of nitrogens with zero attached hydrogens (tertiary/aromatic N) is 3. The molecule has 0 saturated carbocycles. The molecule has 2 heterocycles. The summed E-state index contributed by atoms with van der Waals surface area (Å²) in [6, 6.07) is 18.5. The summed E-state index contributed by atoms with van der Waals surface area (Å²) in [6.07, 6.45) is 1.04. The monoisotopic (exact) mass is 411 g/mol. The van der Waals surface area contributed by atoms with E-state index in [1.54, 1.807) is 0 Å². The zero-order chi connectivity index (χ0) is 21.4. The third-order valence-corrected chi connectivity index (χ3v) is 6.26. The molecule has 1 aromatic heterocycles. The number of aliphatic imine (C=N–C) groups is 1. The molecule has 0 bridgehead atoms. The topological polar surface area (TPSA) is 30.2 Å². The molecule has 5 rings (SSSR count). The van der Waals surface area contributed by atoms with Crippen molar-refractivity contribution < 1.29 is 0 Å². The van der Waals surface area contributed by atoms with Gasteiger partial charge in [0.05, 0.1) is 16.7 Å². The van der Waals surface area contributed by atoms with Crippen molar-refractivity contribution in [1.82, 2.24) is 9.55 Å². The van der Waals surface area contributed by atoms with Gasteiger partial charge in [0.25, 0.3) is 0 Å². The van der Waals surface area contributed by atoms with Crippen molar-refractivity contribution in [3.63, 3.8) is 0 Å². The molecule has 0 fully saturated rings. The second-order valence-electron chi connectivity index (χ2n) is 8.17. The van der Waals surface area contributed by atoms with Crippen LogP contribution in [0.2, 0.25) is 0 Å². The van der Waals surface area contributed by atoms with Crippen LogP contribution < -0.4 is 0 Å². The molecule has 0 N–H and O–H groups in total. The number of aryl methyl sites for hydroxylation is 1. The van der Waals surface area contributed by atoms with Crippen LogP contribution in [0.25, 0.3) is 16.7 Å². The van der Waals surface area contributed by atoms with Gasteiger partial charge in [0.1, 0.15) is 5.82 Å². The first-order valence-corrected chi connectivity index (χ1v) is 10.5. The molecule has 0 unspecified atom stereocenters. The first kappa shape index (κ1) is 22.5. The normalized spacial score (nSPS) is 12.0. The van der Waals surface area contributed by atoms with Gasteiger partial charge in [0.2, 0.25) is 0 Å². The zero-order valence-electron chi connectivity index (χ0n) is 18.7. The van der Waals surface area contributed by atoms with E-state index < -0.39 is 0 Å². The number of benzene rings is 3. The van der Waals surface area contributed by atoms with Crippen LogP contribution in [-0.2, 0) is 6.42 Å². The average molecular weight is 412 g/mol. The second kappa shape index (κ2) is 8.89. The van der Waals surface area contributed by atoms with Crippen LogP contribution in [0.5, 0.6) is 0 Å². The van der Waals surface area contributed by atoms with Crippen LogP contribution >= 0.6 is 0 Å². The summed E-state index contributed by atoms with van der Waals surface area (Å²) >= 11 is 0. The van der Waals surface area contributed by atoms with E-state index in [4.69, 9.17) is 0 Å². The SMILES string of the molecule is C.CC1=Nc2c(C)c(C)c(C)c(C)c2C1.Cc1nc2ccccc2n1-c1ccccc1. The summed E-state index contributed by atoms with van der Waals surface area (Å²) in [6.45, 7) is 13.0. The van der Waals surface area contributed by atoms with Crippen molar-refractivity contribution in [3.8, 4) is 5.69 Å². The van der Waals surface area contributed by atoms with Crippen molar-refractivity contribution in [1.29, 1.82) is 0 Å². The maximum absolute atomic E-state index is 4.63. The molecule has 0 saturated heterocycles. The summed E-state index contributed by atoms with van der Waals surface area (Å²) in [5.74, 6) is 1.02. The molecule has 1 aliphatic rings. The smallest absolute Gasteiger partial charge is 0.111 e. The highest BCUT2D eigenvalue weighted by Gasteiger charge is 2.19. The molecule has 1 aliphatic heterocycles. The van der Waals surface area contributed by atoms with E-state index >= 15 is 0 Å². The van der Waals surface area contributed by atoms with Crippen molar-refractivity contribution >= 4 is 22.4 Å². The lowest BCUT2D eigenvalue weighted by Gasteiger charge is -2.13. The maximum Gasteiger partial charge on any atom is 0.111 e. The molecule has 0 atom stereocenters. The molecule has 3 aromatic carbocycles. The van der Waals surface area contributed by atoms with Gasteiger partial charge < -0.3 is 0 Å². The molecule has 160 valence electrons. The fourth-order valence-corrected chi connectivity index (χ4v) is 4.27. The third kappa shape index (κ3) is 4.05. The molecule has 3 nitrogen and oxygen atoms in total. The van der Waals surface area contributed by atoms with Crippen LogP contribution in [0.1, 0.15) is 48.0 Å². The van der Waals surface area contributed by atoms with E-state index in [1.807, 2.05) is 43.3 Å². The molecule has 0 aliphatic carbocycles. The fourth-order valence-electron chi connectivity index (χ4n) is 4.27. The van der Waals surface area contributed by atoms with Crippen molar-refractivity contribution in [2.45, 2.75) is 55.4 Å². The Bertz CT molecular complexity index is 1260. The van der Waals surface area contributed by atoms with Gasteiger partial charge in [-0.05, 0) is 93.6 Å². The Kier molecular flexibility index (Phi) is 6.45. The number of rotatable bonds is 1. The highest BCUT2D eigenvalue weighted by molar-refractivity contribution is 5.93. The summed E-state index contributed by atoms with van der Waals surface area (Å²) < 4.78 is 2.18. The highest BCUT2D eigenvalue weighted by atomic mass is 15.1. The van der Waals surface area contributed by atoms with E-state index in [2.05, 4.69) is 67.4 Å². The molecule has 4 aromatic rings. The number of para-hydroxylation sites is 3. The maximum atomic E-state index is 4.63. The Morgan fingerprint density at radius 3 is 2.03 bits per heavy atom. The highest BCUT2D eigenvalue weighted by Crippen LogP contribution is 2.37. The number of hydrogen-bond acceptors (Lipinski definition) is 2. The predicted octanol–water partition coefficient (Wildman–Crippen LogP) is 7.54. The molecule has 0 amide bonds. The van der Waals surface area contributed by atoms with Gasteiger partial charge in [-0.3, -0.25) is 9.56 Å². The second-order valence-corrected chi connectivity index (χ2v) is 8.17. The summed E-state index contributed by atoms with van der Waals surface area (Å²) in [7, 11) is 0. The first-order valence-electron chi connectivity index (χ1n) is 10.5. The van der Waals surface area contributed by atoms with Gasteiger partial charge in [-0.25, -0.2) is 4.98 Å². The minimum absolute atomic E-state index is 0. The minimum atomic E-state index is 0. The number of imidazole rings is 1. The summed E-state index contributed by atoms with van der Waals surface area (Å²) in [4.78, 5) is 9.18. The lowest BCUT2D eigenvalue weighted by Crippen LogP contribution is -1.97. The van der Waals surface area contributed by atoms with Crippen LogP contribution in [0.4, 0.5) is 5.69 Å². The Hall–Kier alpha value is -3.20. The Morgan fingerprint density at radius 2 is 1.32 bits per heavy atom. The minimum Gasteiger partial charge on any atom is -0.297 e. The van der Waals surface area contributed by atoms with Crippen LogP contribution in [0.3, 0.4) is 0 Å². The Morgan fingerprint density at radius 1 is 0.710 bits per heavy atom. The number of aromatic nitrogens is 2. The summed E-state index contributed by atoms with van der Waals surface area (Å²) in [5.41, 5.74) is 12.9. The molecule has 3 heteroatoms. The quantitative estimate of drug-likeness (QED) is 0.318. The van der Waals surface area contributed by atoms with E-state index in [0.717, 1.165) is 29.0 Å². The van der Waals surface area contributed by atoms with Crippen molar-refractivity contribution in [2.75, 3.05) is 0 Å². The van der Waals surface area contributed by atoms with Crippen molar-refractivity contribution in [3.05, 3.63) is 88.2 Å². The van der Waals surface area contributed by atoms with Gasteiger partial charge >= 0.3 is 0 Å². The van der Waals surface area contributed by atoms with Crippen LogP contribution in [0, 0.1) is 34.6 Å². The molecular formula is C28H33N3. The van der Waals surface area contributed by atoms with Crippen LogP contribution in [-0.4, -0.2) is 15.3 Å². The van der Waals surface area contributed by atoms with Gasteiger partial charge in [0.15, 0.2) is 0 Å². The average Bonchev–Trinajstić information content (AvgIpc) is 3.31. The lowest BCUT2D eigenvalue weighted by atomic mass is 9.92. The number of hydrogen-bond donors (Lipinski definition) is 0. The number of fused-ring (bicyclic) bond motifs is 2. The standard InChI is InChI=1S/C14H12N2.C13H17N.CH4/c1-11-15-13-9-5-6-10-14(13)16(11)12-7-3-2-4-8-12;1-7-6-12-10(4)8(2)9(3)11(5)13(12)14-7;/h2-10H,1H3;6H2,1-5H3;1H4. The zero-order valence-corrected chi connectivity index (χ0v) is 18.7. The largest absolute Gasteiger partial charge is 0.297 e. The first-order chi connectivity index (χ1) is 14.4. The fraction of sp³-hybridized carbons (Fsp3) is 0.286. The Balaban J connectivity index is 0.000000172. The predicted molar refractivity (Wildman–Crippen MR) is 134 cm³/mol. The van der Waals surface area contributed by atoms with E-state index in [1.165, 1.54) is 39.2 Å². The third-order valence-electron chi connectivity index (χ3n) is 6.26.